The molecular weight excluding hydrogens is 241 g/mol. The van der Waals surface area contributed by atoms with Crippen LogP contribution in [0.5, 0.6) is 0 Å². The van der Waals surface area contributed by atoms with Gasteiger partial charge in [0.25, 0.3) is 0 Å². The molecule has 0 saturated carbocycles. The largest absolute Gasteiger partial charge is 0.305 e. The van der Waals surface area contributed by atoms with E-state index in [4.69, 9.17) is 23.2 Å². The van der Waals surface area contributed by atoms with Crippen molar-refractivity contribution in [3.63, 3.8) is 0 Å². The Kier molecular flexibility index (Phi) is 5.67. The monoisotopic (exact) mass is 253 g/mol. The fourth-order valence-corrected chi connectivity index (χ4v) is 2.12. The van der Waals surface area contributed by atoms with Crippen LogP contribution in [0.3, 0.4) is 0 Å². The quantitative estimate of drug-likeness (QED) is 0.577. The SMILES string of the molecule is CCSc1nnc(CCl)n1CCCCl. The Morgan fingerprint density at radius 2 is 2.14 bits per heavy atom. The van der Waals surface area contributed by atoms with Gasteiger partial charge in [-0.2, -0.15) is 0 Å². The molecule has 1 aromatic heterocycles. The highest BCUT2D eigenvalue weighted by Crippen LogP contribution is 2.17. The van der Waals surface area contributed by atoms with E-state index in [2.05, 4.69) is 17.1 Å². The first-order valence-electron chi connectivity index (χ1n) is 4.50. The van der Waals surface area contributed by atoms with E-state index in [1.807, 2.05) is 4.57 Å². The van der Waals surface area contributed by atoms with Crippen molar-refractivity contribution in [2.75, 3.05) is 11.6 Å². The summed E-state index contributed by atoms with van der Waals surface area (Å²) in [6.07, 6.45) is 0.917. The third-order valence-corrected chi connectivity index (χ3v) is 3.06. The van der Waals surface area contributed by atoms with Gasteiger partial charge in [0.2, 0.25) is 0 Å². The van der Waals surface area contributed by atoms with Crippen molar-refractivity contribution in [1.29, 1.82) is 0 Å². The Labute approximate surface area is 98.2 Å². The van der Waals surface area contributed by atoms with Gasteiger partial charge in [-0.3, -0.25) is 0 Å². The lowest BCUT2D eigenvalue weighted by Gasteiger charge is -2.06. The van der Waals surface area contributed by atoms with Crippen LogP contribution in [-0.4, -0.2) is 26.4 Å². The zero-order valence-electron chi connectivity index (χ0n) is 8.04. The highest BCUT2D eigenvalue weighted by atomic mass is 35.5. The van der Waals surface area contributed by atoms with Crippen LogP contribution < -0.4 is 0 Å². The van der Waals surface area contributed by atoms with Gasteiger partial charge in [0, 0.05) is 12.4 Å². The van der Waals surface area contributed by atoms with Gasteiger partial charge < -0.3 is 4.57 Å². The van der Waals surface area contributed by atoms with Crippen molar-refractivity contribution in [1.82, 2.24) is 14.8 Å². The van der Waals surface area contributed by atoms with Gasteiger partial charge >= 0.3 is 0 Å². The smallest absolute Gasteiger partial charge is 0.191 e. The highest BCUT2D eigenvalue weighted by Gasteiger charge is 2.10. The summed E-state index contributed by atoms with van der Waals surface area (Å²) < 4.78 is 2.05. The molecule has 0 bridgehead atoms. The number of rotatable bonds is 6. The zero-order chi connectivity index (χ0) is 10.4. The van der Waals surface area contributed by atoms with Crippen LogP contribution in [0, 0.1) is 0 Å². The van der Waals surface area contributed by atoms with Crippen molar-refractivity contribution in [2.45, 2.75) is 30.9 Å². The minimum atomic E-state index is 0.402. The number of alkyl halides is 2. The molecule has 1 heterocycles. The summed E-state index contributed by atoms with van der Waals surface area (Å²) in [6.45, 7) is 2.94. The molecule has 80 valence electrons. The molecular formula is C8H13Cl2N3S. The van der Waals surface area contributed by atoms with Gasteiger partial charge in [-0.05, 0) is 12.2 Å². The van der Waals surface area contributed by atoms with Crippen molar-refractivity contribution >= 4 is 35.0 Å². The second-order valence-corrected chi connectivity index (χ2v) is 4.54. The molecule has 0 aromatic carbocycles. The fourth-order valence-electron chi connectivity index (χ4n) is 1.10. The fraction of sp³-hybridized carbons (Fsp3) is 0.750. The van der Waals surface area contributed by atoms with Gasteiger partial charge in [-0.1, -0.05) is 18.7 Å². The van der Waals surface area contributed by atoms with E-state index in [9.17, 15) is 0 Å². The summed E-state index contributed by atoms with van der Waals surface area (Å²) in [7, 11) is 0. The van der Waals surface area contributed by atoms with Crippen LogP contribution >= 0.6 is 35.0 Å². The molecule has 0 radical (unpaired) electrons. The lowest BCUT2D eigenvalue weighted by molar-refractivity contribution is 0.605. The summed E-state index contributed by atoms with van der Waals surface area (Å²) >= 11 is 13.1. The summed E-state index contributed by atoms with van der Waals surface area (Å²) in [6, 6.07) is 0. The van der Waals surface area contributed by atoms with Crippen molar-refractivity contribution in [3.8, 4) is 0 Å². The normalized spacial score (nSPS) is 10.8. The van der Waals surface area contributed by atoms with E-state index in [1.54, 1.807) is 11.8 Å². The summed E-state index contributed by atoms with van der Waals surface area (Å²) in [4.78, 5) is 0. The van der Waals surface area contributed by atoms with E-state index in [1.165, 1.54) is 0 Å². The van der Waals surface area contributed by atoms with Crippen LogP contribution in [0.15, 0.2) is 5.16 Å². The third-order valence-electron chi connectivity index (χ3n) is 1.70. The molecule has 0 aliphatic rings. The molecule has 1 aromatic rings. The molecule has 0 amide bonds. The predicted octanol–water partition coefficient (Wildman–Crippen LogP) is 2.76. The Hall–Kier alpha value is 0.0700. The van der Waals surface area contributed by atoms with Gasteiger partial charge in [-0.15, -0.1) is 33.4 Å². The lowest BCUT2D eigenvalue weighted by atomic mass is 10.4. The Balaban J connectivity index is 2.76. The predicted molar refractivity (Wildman–Crippen MR) is 61.3 cm³/mol. The van der Waals surface area contributed by atoms with Crippen LogP contribution in [0.25, 0.3) is 0 Å². The minimum Gasteiger partial charge on any atom is -0.305 e. The molecule has 0 unspecified atom stereocenters. The van der Waals surface area contributed by atoms with Crippen LogP contribution in [0.2, 0.25) is 0 Å². The Morgan fingerprint density at radius 1 is 1.36 bits per heavy atom. The molecule has 0 N–H and O–H groups in total. The minimum absolute atomic E-state index is 0.402. The molecule has 0 atom stereocenters. The number of hydrogen-bond acceptors (Lipinski definition) is 3. The number of hydrogen-bond donors (Lipinski definition) is 0. The maximum atomic E-state index is 5.76. The standard InChI is InChI=1S/C8H13Cl2N3S/c1-2-14-8-12-11-7(6-10)13(8)5-3-4-9/h2-6H2,1H3. The first kappa shape index (κ1) is 12.1. The molecule has 0 spiro atoms. The average molecular weight is 254 g/mol. The molecule has 1 rings (SSSR count). The number of halogens is 2. The molecule has 0 saturated heterocycles. The molecule has 0 aliphatic carbocycles. The number of thioether (sulfide) groups is 1. The van der Waals surface area contributed by atoms with E-state index in [0.29, 0.717) is 11.8 Å². The molecule has 0 fully saturated rings. The van der Waals surface area contributed by atoms with Crippen LogP contribution in [0.1, 0.15) is 19.2 Å². The molecule has 3 nitrogen and oxygen atoms in total. The van der Waals surface area contributed by atoms with Gasteiger partial charge in [-0.25, -0.2) is 0 Å². The van der Waals surface area contributed by atoms with E-state index in [0.717, 1.165) is 29.7 Å². The maximum Gasteiger partial charge on any atom is 0.191 e. The maximum absolute atomic E-state index is 5.76. The van der Waals surface area contributed by atoms with Gasteiger partial charge in [0.05, 0.1) is 5.88 Å². The van der Waals surface area contributed by atoms with Gasteiger partial charge in [0.15, 0.2) is 5.16 Å². The van der Waals surface area contributed by atoms with Crippen LogP contribution in [-0.2, 0) is 12.4 Å². The van der Waals surface area contributed by atoms with E-state index in [-0.39, 0.29) is 0 Å². The van der Waals surface area contributed by atoms with Crippen LogP contribution in [0.4, 0.5) is 0 Å². The first-order chi connectivity index (χ1) is 6.83. The molecule has 6 heteroatoms. The molecule has 0 aliphatic heterocycles. The summed E-state index contributed by atoms with van der Waals surface area (Å²) in [5.41, 5.74) is 0. The van der Waals surface area contributed by atoms with Crippen molar-refractivity contribution in [3.05, 3.63) is 5.82 Å². The Morgan fingerprint density at radius 3 is 2.71 bits per heavy atom. The number of nitrogens with zero attached hydrogens (tertiary/aromatic N) is 3. The van der Waals surface area contributed by atoms with Gasteiger partial charge in [0.1, 0.15) is 5.82 Å². The first-order valence-corrected chi connectivity index (χ1v) is 6.55. The lowest BCUT2D eigenvalue weighted by Crippen LogP contribution is -2.04. The topological polar surface area (TPSA) is 30.7 Å². The van der Waals surface area contributed by atoms with E-state index >= 15 is 0 Å². The summed E-state index contributed by atoms with van der Waals surface area (Å²) in [5.74, 6) is 2.87. The Bertz CT molecular complexity index is 278. The van der Waals surface area contributed by atoms with Crippen molar-refractivity contribution < 1.29 is 0 Å². The second kappa shape index (κ2) is 6.53. The average Bonchev–Trinajstić information content (AvgIpc) is 2.58. The highest BCUT2D eigenvalue weighted by molar-refractivity contribution is 7.99. The number of aromatic nitrogens is 3. The second-order valence-electron chi connectivity index (χ2n) is 2.66. The van der Waals surface area contributed by atoms with Crippen molar-refractivity contribution in [2.24, 2.45) is 0 Å². The summed E-state index contributed by atoms with van der Waals surface area (Å²) in [5, 5.41) is 9.04. The third kappa shape index (κ3) is 3.04. The van der Waals surface area contributed by atoms with E-state index < -0.39 is 0 Å². The molecule has 14 heavy (non-hydrogen) atoms. The zero-order valence-corrected chi connectivity index (χ0v) is 10.4.